The third kappa shape index (κ3) is 6.21. The predicted molar refractivity (Wildman–Crippen MR) is 126 cm³/mol. The Bertz CT molecular complexity index is 1060. The summed E-state index contributed by atoms with van der Waals surface area (Å²) in [6, 6.07) is 10.7. The molecule has 1 heterocycles. The third-order valence-corrected chi connectivity index (χ3v) is 7.02. The van der Waals surface area contributed by atoms with E-state index in [9.17, 15) is 17.6 Å². The molecule has 1 aliphatic rings. The molecule has 0 spiro atoms. The molecule has 0 bridgehead atoms. The van der Waals surface area contributed by atoms with Crippen LogP contribution in [-0.4, -0.2) is 44.6 Å². The molecule has 1 N–H and O–H groups in total. The van der Waals surface area contributed by atoms with E-state index in [1.165, 1.54) is 30.5 Å². The standard InChI is InChI=1S/C23H29ClFN3O3S/c1-3-22(28(32(2,30)31)19-9-10-21(25)20(24)14-19)23(29)26-15-17-7-6-8-18(13-17)16-27-11-4-5-12-27/h6-10,13-14,22H,3-5,11-12,15-16H2,1-2H3,(H,26,29)/t22-/m1/s1. The summed E-state index contributed by atoms with van der Waals surface area (Å²) in [5.41, 5.74) is 2.28. The smallest absolute Gasteiger partial charge is 0.244 e. The maximum absolute atomic E-state index is 13.6. The minimum Gasteiger partial charge on any atom is -0.350 e. The van der Waals surface area contributed by atoms with Crippen molar-refractivity contribution in [3.63, 3.8) is 0 Å². The molecule has 1 atom stereocenters. The van der Waals surface area contributed by atoms with Crippen LogP contribution in [-0.2, 0) is 27.9 Å². The maximum Gasteiger partial charge on any atom is 0.244 e. The van der Waals surface area contributed by atoms with Gasteiger partial charge in [-0.05, 0) is 61.7 Å². The molecule has 174 valence electrons. The Balaban J connectivity index is 1.73. The molecule has 32 heavy (non-hydrogen) atoms. The molecule has 1 fully saturated rings. The minimum atomic E-state index is -3.82. The number of benzene rings is 2. The van der Waals surface area contributed by atoms with Crippen molar-refractivity contribution in [2.75, 3.05) is 23.7 Å². The van der Waals surface area contributed by atoms with Gasteiger partial charge in [0.25, 0.3) is 0 Å². The van der Waals surface area contributed by atoms with E-state index in [1.807, 2.05) is 12.1 Å². The normalized spacial score (nSPS) is 15.5. The van der Waals surface area contributed by atoms with Crippen molar-refractivity contribution in [2.45, 2.75) is 45.3 Å². The van der Waals surface area contributed by atoms with Gasteiger partial charge in [0, 0.05) is 13.1 Å². The second-order valence-electron chi connectivity index (χ2n) is 8.10. The third-order valence-electron chi connectivity index (χ3n) is 5.55. The van der Waals surface area contributed by atoms with Crippen molar-refractivity contribution in [3.05, 3.63) is 64.4 Å². The van der Waals surface area contributed by atoms with Crippen LogP contribution in [0.5, 0.6) is 0 Å². The fourth-order valence-electron chi connectivity index (χ4n) is 4.03. The second kappa shape index (κ2) is 10.6. The Hall–Kier alpha value is -2.16. The summed E-state index contributed by atoms with van der Waals surface area (Å²) in [7, 11) is -3.82. The van der Waals surface area contributed by atoms with Crippen molar-refractivity contribution in [1.29, 1.82) is 0 Å². The Morgan fingerprint density at radius 3 is 2.50 bits per heavy atom. The first-order valence-corrected chi connectivity index (χ1v) is 12.9. The zero-order valence-electron chi connectivity index (χ0n) is 18.4. The number of rotatable bonds is 9. The number of likely N-dealkylation sites (tertiary alicyclic amines) is 1. The molecule has 2 aromatic rings. The molecule has 0 radical (unpaired) electrons. The maximum atomic E-state index is 13.6. The molecule has 1 aliphatic heterocycles. The van der Waals surface area contributed by atoms with Crippen LogP contribution in [0.25, 0.3) is 0 Å². The summed E-state index contributed by atoms with van der Waals surface area (Å²) in [5.74, 6) is -1.08. The number of hydrogen-bond donors (Lipinski definition) is 1. The van der Waals surface area contributed by atoms with E-state index in [4.69, 9.17) is 11.6 Å². The van der Waals surface area contributed by atoms with E-state index >= 15 is 0 Å². The fourth-order valence-corrected chi connectivity index (χ4v) is 5.40. The number of carbonyl (C=O) groups excluding carboxylic acids is 1. The van der Waals surface area contributed by atoms with Crippen molar-refractivity contribution >= 4 is 33.2 Å². The molecule has 0 saturated carbocycles. The number of nitrogens with zero attached hydrogens (tertiary/aromatic N) is 2. The Kier molecular flexibility index (Phi) is 8.14. The average Bonchev–Trinajstić information content (AvgIpc) is 3.25. The predicted octanol–water partition coefficient (Wildman–Crippen LogP) is 3.94. The summed E-state index contributed by atoms with van der Waals surface area (Å²) >= 11 is 5.85. The molecular weight excluding hydrogens is 453 g/mol. The second-order valence-corrected chi connectivity index (χ2v) is 10.4. The topological polar surface area (TPSA) is 69.7 Å². The number of nitrogens with one attached hydrogen (secondary N) is 1. The van der Waals surface area contributed by atoms with Crippen LogP contribution < -0.4 is 9.62 Å². The highest BCUT2D eigenvalue weighted by Gasteiger charge is 2.31. The van der Waals surface area contributed by atoms with Gasteiger partial charge in [0.2, 0.25) is 15.9 Å². The van der Waals surface area contributed by atoms with Gasteiger partial charge in [0.05, 0.1) is 17.0 Å². The van der Waals surface area contributed by atoms with Crippen LogP contribution in [0.3, 0.4) is 0 Å². The summed E-state index contributed by atoms with van der Waals surface area (Å²) in [6.45, 7) is 5.10. The van der Waals surface area contributed by atoms with Gasteiger partial charge < -0.3 is 5.32 Å². The number of carbonyl (C=O) groups is 1. The summed E-state index contributed by atoms with van der Waals surface area (Å²) in [5, 5.41) is 2.65. The first-order chi connectivity index (χ1) is 15.2. The highest BCUT2D eigenvalue weighted by Crippen LogP contribution is 2.27. The first kappa shape index (κ1) is 24.5. The van der Waals surface area contributed by atoms with Crippen LogP contribution in [0, 0.1) is 5.82 Å². The average molecular weight is 482 g/mol. The van der Waals surface area contributed by atoms with Gasteiger partial charge in [-0.3, -0.25) is 14.0 Å². The fraction of sp³-hybridized carbons (Fsp3) is 0.435. The summed E-state index contributed by atoms with van der Waals surface area (Å²) in [4.78, 5) is 15.4. The molecule has 9 heteroatoms. The number of amides is 1. The lowest BCUT2D eigenvalue weighted by molar-refractivity contribution is -0.122. The molecule has 6 nitrogen and oxygen atoms in total. The quantitative estimate of drug-likeness (QED) is 0.589. The Morgan fingerprint density at radius 2 is 1.88 bits per heavy atom. The largest absolute Gasteiger partial charge is 0.350 e. The molecule has 3 rings (SSSR count). The van der Waals surface area contributed by atoms with Crippen LogP contribution in [0.15, 0.2) is 42.5 Å². The molecule has 2 aromatic carbocycles. The van der Waals surface area contributed by atoms with Gasteiger partial charge in [-0.25, -0.2) is 12.8 Å². The zero-order chi connectivity index (χ0) is 23.3. The molecule has 0 unspecified atom stereocenters. The van der Waals surface area contributed by atoms with E-state index in [1.54, 1.807) is 6.92 Å². The van der Waals surface area contributed by atoms with Crippen LogP contribution in [0.4, 0.5) is 10.1 Å². The van der Waals surface area contributed by atoms with Crippen molar-refractivity contribution < 1.29 is 17.6 Å². The summed E-state index contributed by atoms with van der Waals surface area (Å²) < 4.78 is 39.6. The van der Waals surface area contributed by atoms with Gasteiger partial charge in [0.15, 0.2) is 0 Å². The summed E-state index contributed by atoms with van der Waals surface area (Å²) in [6.07, 6.45) is 3.71. The Morgan fingerprint density at radius 1 is 1.19 bits per heavy atom. The first-order valence-electron chi connectivity index (χ1n) is 10.7. The lowest BCUT2D eigenvalue weighted by Crippen LogP contribution is -2.49. The molecule has 0 aliphatic carbocycles. The lowest BCUT2D eigenvalue weighted by Gasteiger charge is -2.30. The molecule has 1 saturated heterocycles. The Labute approximate surface area is 194 Å². The molecular formula is C23H29ClFN3O3S. The number of hydrogen-bond acceptors (Lipinski definition) is 4. The monoisotopic (exact) mass is 481 g/mol. The van der Waals surface area contributed by atoms with E-state index in [-0.39, 0.29) is 23.7 Å². The zero-order valence-corrected chi connectivity index (χ0v) is 19.9. The van der Waals surface area contributed by atoms with E-state index in [2.05, 4.69) is 22.3 Å². The van der Waals surface area contributed by atoms with E-state index in [0.29, 0.717) is 0 Å². The highest BCUT2D eigenvalue weighted by molar-refractivity contribution is 7.92. The van der Waals surface area contributed by atoms with Gasteiger partial charge >= 0.3 is 0 Å². The van der Waals surface area contributed by atoms with Crippen LogP contribution in [0.1, 0.15) is 37.3 Å². The number of sulfonamides is 1. The van der Waals surface area contributed by atoms with Crippen molar-refractivity contribution in [1.82, 2.24) is 10.2 Å². The molecule has 1 amide bonds. The van der Waals surface area contributed by atoms with Crippen molar-refractivity contribution in [3.8, 4) is 0 Å². The van der Waals surface area contributed by atoms with Gasteiger partial charge in [-0.2, -0.15) is 0 Å². The van der Waals surface area contributed by atoms with Gasteiger partial charge in [-0.15, -0.1) is 0 Å². The number of halogens is 2. The van der Waals surface area contributed by atoms with Gasteiger partial charge in [-0.1, -0.05) is 42.8 Å². The SMILES string of the molecule is CC[C@H](C(=O)NCc1cccc(CN2CCCC2)c1)N(c1ccc(F)c(Cl)c1)S(C)(=O)=O. The van der Waals surface area contributed by atoms with Crippen molar-refractivity contribution in [2.24, 2.45) is 0 Å². The van der Waals surface area contributed by atoms with Crippen LogP contribution >= 0.6 is 11.6 Å². The highest BCUT2D eigenvalue weighted by atomic mass is 35.5. The lowest BCUT2D eigenvalue weighted by atomic mass is 10.1. The van der Waals surface area contributed by atoms with E-state index in [0.717, 1.165) is 41.8 Å². The number of anilines is 1. The van der Waals surface area contributed by atoms with E-state index < -0.39 is 27.8 Å². The minimum absolute atomic E-state index is 0.147. The van der Waals surface area contributed by atoms with Gasteiger partial charge in [0.1, 0.15) is 11.9 Å². The molecule has 0 aromatic heterocycles. The van der Waals surface area contributed by atoms with Crippen LogP contribution in [0.2, 0.25) is 5.02 Å².